The van der Waals surface area contributed by atoms with E-state index in [1.807, 2.05) is 13.0 Å². The molecular weight excluding hydrogens is 290 g/mol. The average molecular weight is 317 g/mol. The van der Waals surface area contributed by atoms with Gasteiger partial charge in [0.1, 0.15) is 5.75 Å². The molecule has 4 heteroatoms. The van der Waals surface area contributed by atoms with Gasteiger partial charge < -0.3 is 14.9 Å². The van der Waals surface area contributed by atoms with Crippen molar-refractivity contribution in [2.24, 2.45) is 5.92 Å². The van der Waals surface area contributed by atoms with Gasteiger partial charge in [-0.1, -0.05) is 18.9 Å². The number of nitrogens with zero attached hydrogens (tertiary/aromatic N) is 1. The molecule has 2 N–H and O–H groups in total. The second-order valence-electron chi connectivity index (χ2n) is 7.39. The van der Waals surface area contributed by atoms with Crippen LogP contribution in [-0.4, -0.2) is 40.7 Å². The Morgan fingerprint density at radius 3 is 3.04 bits per heavy atom. The van der Waals surface area contributed by atoms with Gasteiger partial charge in [0.05, 0.1) is 0 Å². The van der Waals surface area contributed by atoms with Crippen molar-refractivity contribution in [3.8, 4) is 5.75 Å². The molecule has 1 saturated carbocycles. The number of ether oxygens (including phenoxy) is 1. The van der Waals surface area contributed by atoms with Gasteiger partial charge in [-0.15, -0.1) is 0 Å². The normalized spacial score (nSPS) is 34.5. The Morgan fingerprint density at radius 2 is 2.22 bits per heavy atom. The van der Waals surface area contributed by atoms with Crippen LogP contribution in [0.25, 0.3) is 0 Å². The standard InChI is InChI=1S/C19H27NO3/c1-2-23-18(22)20-10-9-19-8-4-3-5-15(19)17(20)11-13-6-7-14(21)12-16(13)19/h6-7,12,15,17-18,21-22H,2-5,8-11H2,1H3/t15-,17+,18?,19+/m1/s1. The van der Waals surface area contributed by atoms with Crippen molar-refractivity contribution < 1.29 is 14.9 Å². The molecule has 126 valence electrons. The molecule has 2 fully saturated rings. The van der Waals surface area contributed by atoms with Crippen LogP contribution in [0, 0.1) is 5.92 Å². The predicted molar refractivity (Wildman–Crippen MR) is 88.2 cm³/mol. The van der Waals surface area contributed by atoms with E-state index in [1.165, 1.54) is 36.8 Å². The summed E-state index contributed by atoms with van der Waals surface area (Å²) in [5, 5.41) is 20.4. The van der Waals surface area contributed by atoms with Crippen molar-refractivity contribution in [1.29, 1.82) is 0 Å². The number of phenols is 1. The average Bonchev–Trinajstić information content (AvgIpc) is 2.56. The molecule has 0 amide bonds. The molecule has 4 atom stereocenters. The van der Waals surface area contributed by atoms with Crippen molar-refractivity contribution in [3.05, 3.63) is 29.3 Å². The molecule has 4 nitrogen and oxygen atoms in total. The minimum absolute atomic E-state index is 0.192. The van der Waals surface area contributed by atoms with E-state index in [0.29, 0.717) is 24.3 Å². The molecule has 2 aliphatic carbocycles. The van der Waals surface area contributed by atoms with Gasteiger partial charge >= 0.3 is 0 Å². The summed E-state index contributed by atoms with van der Waals surface area (Å²) in [4.78, 5) is 2.17. The summed E-state index contributed by atoms with van der Waals surface area (Å²) in [5.74, 6) is 0.951. The third-order valence-electron chi connectivity index (χ3n) is 6.46. The van der Waals surface area contributed by atoms with E-state index in [-0.39, 0.29) is 5.41 Å². The van der Waals surface area contributed by atoms with Crippen LogP contribution in [0.1, 0.15) is 50.2 Å². The number of hydrogen-bond acceptors (Lipinski definition) is 4. The predicted octanol–water partition coefficient (Wildman–Crippen LogP) is 2.76. The van der Waals surface area contributed by atoms with Crippen LogP contribution >= 0.6 is 0 Å². The summed E-state index contributed by atoms with van der Waals surface area (Å²) in [7, 11) is 0. The monoisotopic (exact) mass is 317 g/mol. The lowest BCUT2D eigenvalue weighted by Gasteiger charge is -2.59. The number of benzene rings is 1. The Bertz CT molecular complexity index is 590. The molecule has 2 bridgehead atoms. The first-order valence-electron chi connectivity index (χ1n) is 9.03. The molecule has 1 aromatic rings. The summed E-state index contributed by atoms with van der Waals surface area (Å²) in [6.45, 7) is 3.33. The largest absolute Gasteiger partial charge is 0.508 e. The summed E-state index contributed by atoms with van der Waals surface area (Å²) >= 11 is 0. The van der Waals surface area contributed by atoms with Crippen LogP contribution in [-0.2, 0) is 16.6 Å². The van der Waals surface area contributed by atoms with Crippen LogP contribution in [0.5, 0.6) is 5.75 Å². The van der Waals surface area contributed by atoms with Crippen LogP contribution in [0.2, 0.25) is 0 Å². The number of aliphatic hydroxyl groups is 1. The lowest BCUT2D eigenvalue weighted by Crippen LogP contribution is -2.63. The van der Waals surface area contributed by atoms with E-state index < -0.39 is 6.41 Å². The van der Waals surface area contributed by atoms with Gasteiger partial charge in [0.2, 0.25) is 6.41 Å². The number of aromatic hydroxyl groups is 1. The highest BCUT2D eigenvalue weighted by Crippen LogP contribution is 2.56. The maximum atomic E-state index is 10.4. The molecule has 1 aliphatic heterocycles. The quantitative estimate of drug-likeness (QED) is 0.842. The summed E-state index contributed by atoms with van der Waals surface area (Å²) in [6, 6.07) is 6.25. The minimum atomic E-state index is -0.788. The fraction of sp³-hybridized carbons (Fsp3) is 0.684. The first kappa shape index (κ1) is 15.4. The van der Waals surface area contributed by atoms with Crippen molar-refractivity contribution in [1.82, 2.24) is 4.90 Å². The van der Waals surface area contributed by atoms with E-state index in [2.05, 4.69) is 11.0 Å². The summed E-state index contributed by atoms with van der Waals surface area (Å²) in [5.41, 5.74) is 2.92. The Labute approximate surface area is 138 Å². The Morgan fingerprint density at radius 1 is 1.35 bits per heavy atom. The summed E-state index contributed by atoms with van der Waals surface area (Å²) < 4.78 is 5.50. The first-order valence-corrected chi connectivity index (χ1v) is 9.03. The Balaban J connectivity index is 1.76. The highest BCUT2D eigenvalue weighted by Gasteiger charge is 2.54. The number of fused-ring (bicyclic) bond motifs is 1. The maximum Gasteiger partial charge on any atom is 0.216 e. The fourth-order valence-corrected chi connectivity index (χ4v) is 5.54. The second kappa shape index (κ2) is 5.76. The van der Waals surface area contributed by atoms with Crippen LogP contribution in [0.4, 0.5) is 0 Å². The van der Waals surface area contributed by atoms with Crippen LogP contribution < -0.4 is 0 Å². The Hall–Kier alpha value is -1.10. The van der Waals surface area contributed by atoms with Crippen LogP contribution in [0.3, 0.4) is 0 Å². The first-order chi connectivity index (χ1) is 11.2. The van der Waals surface area contributed by atoms with Crippen LogP contribution in [0.15, 0.2) is 18.2 Å². The smallest absolute Gasteiger partial charge is 0.216 e. The highest BCUT2D eigenvalue weighted by atomic mass is 16.6. The minimum Gasteiger partial charge on any atom is -0.508 e. The third-order valence-corrected chi connectivity index (χ3v) is 6.46. The van der Waals surface area contributed by atoms with E-state index in [0.717, 1.165) is 19.4 Å². The van der Waals surface area contributed by atoms with Gasteiger partial charge in [-0.05, 0) is 61.8 Å². The molecule has 0 radical (unpaired) electrons. The molecule has 1 heterocycles. The van der Waals surface area contributed by atoms with Crippen molar-refractivity contribution in [2.45, 2.75) is 63.3 Å². The van der Waals surface area contributed by atoms with Gasteiger partial charge in [-0.25, -0.2) is 0 Å². The number of likely N-dealkylation sites (tertiary alicyclic amines) is 1. The number of aliphatic hydroxyl groups excluding tert-OH is 1. The number of piperidine rings is 1. The third kappa shape index (κ3) is 2.31. The number of hydrogen-bond donors (Lipinski definition) is 2. The van der Waals surface area contributed by atoms with Crippen molar-refractivity contribution >= 4 is 0 Å². The fourth-order valence-electron chi connectivity index (χ4n) is 5.54. The SMILES string of the molecule is CCOC(O)N1CC[C@@]23CCCC[C@@H]2[C@@H]1Cc1ccc(O)cc13. The van der Waals surface area contributed by atoms with Gasteiger partial charge in [0.25, 0.3) is 0 Å². The lowest BCUT2D eigenvalue weighted by atomic mass is 9.52. The Kier molecular flexibility index (Phi) is 3.87. The molecule has 4 rings (SSSR count). The van der Waals surface area contributed by atoms with E-state index >= 15 is 0 Å². The molecule has 3 aliphatic rings. The molecule has 1 saturated heterocycles. The molecule has 1 unspecified atom stereocenters. The molecular formula is C19H27NO3. The molecule has 23 heavy (non-hydrogen) atoms. The molecule has 0 spiro atoms. The number of phenolic OH excluding ortho intramolecular Hbond substituents is 1. The van der Waals surface area contributed by atoms with Gasteiger partial charge in [-0.3, -0.25) is 4.90 Å². The summed E-state index contributed by atoms with van der Waals surface area (Å²) in [6.07, 6.45) is 6.19. The highest BCUT2D eigenvalue weighted by molar-refractivity contribution is 5.45. The van der Waals surface area contributed by atoms with Gasteiger partial charge in [0.15, 0.2) is 0 Å². The number of rotatable bonds is 3. The lowest BCUT2D eigenvalue weighted by molar-refractivity contribution is -0.226. The van der Waals surface area contributed by atoms with E-state index in [9.17, 15) is 10.2 Å². The zero-order valence-corrected chi connectivity index (χ0v) is 13.9. The zero-order valence-electron chi connectivity index (χ0n) is 13.9. The van der Waals surface area contributed by atoms with Crippen molar-refractivity contribution in [3.63, 3.8) is 0 Å². The topological polar surface area (TPSA) is 52.9 Å². The second-order valence-corrected chi connectivity index (χ2v) is 7.39. The van der Waals surface area contributed by atoms with Gasteiger partial charge in [0, 0.05) is 24.6 Å². The molecule has 0 aromatic heterocycles. The zero-order chi connectivity index (χ0) is 16.0. The van der Waals surface area contributed by atoms with E-state index in [4.69, 9.17) is 4.74 Å². The maximum absolute atomic E-state index is 10.4. The molecule has 1 aromatic carbocycles. The van der Waals surface area contributed by atoms with E-state index in [1.54, 1.807) is 6.07 Å². The van der Waals surface area contributed by atoms with Gasteiger partial charge in [-0.2, -0.15) is 0 Å². The van der Waals surface area contributed by atoms with Crippen molar-refractivity contribution in [2.75, 3.05) is 13.2 Å².